The summed E-state index contributed by atoms with van der Waals surface area (Å²) >= 11 is 0. The van der Waals surface area contributed by atoms with Crippen LogP contribution in [0.4, 0.5) is 0 Å². The highest BCUT2D eigenvalue weighted by Gasteiger charge is 2.64. The molecule has 6 aliphatic rings. The van der Waals surface area contributed by atoms with E-state index in [-0.39, 0.29) is 5.97 Å². The molecule has 6 aliphatic carbocycles. The molecule has 0 saturated heterocycles. The van der Waals surface area contributed by atoms with Gasteiger partial charge in [-0.3, -0.25) is 4.79 Å². The summed E-state index contributed by atoms with van der Waals surface area (Å²) in [7, 11) is 1.53. The molecule has 0 aliphatic heterocycles. The van der Waals surface area contributed by atoms with E-state index in [0.29, 0.717) is 23.2 Å². The zero-order valence-electron chi connectivity index (χ0n) is 24.9. The summed E-state index contributed by atoms with van der Waals surface area (Å²) in [5.74, 6) is 10.6. The highest BCUT2D eigenvalue weighted by molar-refractivity contribution is 5.69. The molecule has 14 atom stereocenters. The Bertz CT molecular complexity index is 892. The number of carbonyl (C=O) groups excluding carboxylic acids is 1. The largest absolute Gasteiger partial charge is 0.469 e. The Labute approximate surface area is 228 Å². The van der Waals surface area contributed by atoms with Gasteiger partial charge in [0.1, 0.15) is 0 Å². The average Bonchev–Trinajstić information content (AvgIpc) is 3.59. The molecule has 2 nitrogen and oxygen atoms in total. The van der Waals surface area contributed by atoms with Crippen LogP contribution in [0.2, 0.25) is 0 Å². The Morgan fingerprint density at radius 2 is 1.81 bits per heavy atom. The first-order valence-electron chi connectivity index (χ1n) is 16.4. The van der Waals surface area contributed by atoms with Crippen molar-refractivity contribution in [1.29, 1.82) is 0 Å². The maximum Gasteiger partial charge on any atom is 0.305 e. The quantitative estimate of drug-likeness (QED) is 0.264. The second-order valence-corrected chi connectivity index (χ2v) is 15.9. The number of fused-ring (bicyclic) bond motifs is 7. The van der Waals surface area contributed by atoms with Crippen LogP contribution in [-0.2, 0) is 9.53 Å². The van der Waals surface area contributed by atoms with Gasteiger partial charge in [-0.05, 0) is 152 Å². The number of esters is 1. The van der Waals surface area contributed by atoms with Crippen molar-refractivity contribution in [3.05, 3.63) is 12.2 Å². The van der Waals surface area contributed by atoms with Gasteiger partial charge in [0.15, 0.2) is 0 Å². The minimum absolute atomic E-state index is 0.0318. The van der Waals surface area contributed by atoms with Gasteiger partial charge >= 0.3 is 5.97 Å². The van der Waals surface area contributed by atoms with Gasteiger partial charge in [-0.25, -0.2) is 0 Å². The number of allylic oxidation sites excluding steroid dienone is 2. The first kappa shape index (κ1) is 26.4. The lowest BCUT2D eigenvalue weighted by atomic mass is 9.40. The summed E-state index contributed by atoms with van der Waals surface area (Å²) in [6.07, 6.45) is 21.5. The summed E-state index contributed by atoms with van der Waals surface area (Å²) in [5.41, 5.74) is 1.02. The fraction of sp³-hybridized carbons (Fsp3) is 0.914. The van der Waals surface area contributed by atoms with Crippen molar-refractivity contribution in [1.82, 2.24) is 0 Å². The van der Waals surface area contributed by atoms with Gasteiger partial charge in [0.2, 0.25) is 0 Å². The van der Waals surface area contributed by atoms with Crippen molar-refractivity contribution >= 4 is 5.97 Å². The number of rotatable bonds is 6. The molecule has 0 aromatic carbocycles. The zero-order valence-corrected chi connectivity index (χ0v) is 24.9. The maximum absolute atomic E-state index is 11.9. The molecule has 0 aromatic rings. The van der Waals surface area contributed by atoms with Crippen LogP contribution in [0.25, 0.3) is 0 Å². The minimum atomic E-state index is -0.0318. The smallest absolute Gasteiger partial charge is 0.305 e. The van der Waals surface area contributed by atoms with Gasteiger partial charge in [-0.2, -0.15) is 0 Å². The molecule has 0 N–H and O–H groups in total. The first-order valence-corrected chi connectivity index (χ1v) is 16.4. The van der Waals surface area contributed by atoms with Crippen molar-refractivity contribution in [3.63, 3.8) is 0 Å². The van der Waals surface area contributed by atoms with Crippen LogP contribution in [0.1, 0.15) is 112 Å². The lowest BCUT2D eigenvalue weighted by Crippen LogP contribution is -2.58. The van der Waals surface area contributed by atoms with Gasteiger partial charge in [0, 0.05) is 6.42 Å². The molecule has 0 aromatic heterocycles. The molecule has 0 heterocycles. The van der Waals surface area contributed by atoms with E-state index in [1.165, 1.54) is 71.3 Å². The monoisotopic (exact) mass is 508 g/mol. The zero-order chi connectivity index (χ0) is 26.1. The lowest BCUT2D eigenvalue weighted by molar-refractivity contribution is -0.164. The van der Waals surface area contributed by atoms with Gasteiger partial charge in [-0.1, -0.05) is 46.8 Å². The van der Waals surface area contributed by atoms with Crippen LogP contribution in [0.5, 0.6) is 0 Å². The molecule has 2 bridgehead atoms. The number of ether oxygens (including phenoxy) is 1. The summed E-state index contributed by atoms with van der Waals surface area (Å²) in [5, 5.41) is 0. The van der Waals surface area contributed by atoms with Crippen LogP contribution >= 0.6 is 0 Å². The Morgan fingerprint density at radius 3 is 2.51 bits per heavy atom. The van der Waals surface area contributed by atoms with Crippen LogP contribution in [-0.4, -0.2) is 13.1 Å². The third kappa shape index (κ3) is 4.20. The summed E-state index contributed by atoms with van der Waals surface area (Å²) in [6.45, 7) is 13.2. The summed E-state index contributed by atoms with van der Waals surface area (Å²) in [4.78, 5) is 11.9. The predicted octanol–water partition coefficient (Wildman–Crippen LogP) is 8.95. The average molecular weight is 509 g/mol. The van der Waals surface area contributed by atoms with Crippen molar-refractivity contribution in [2.24, 2.45) is 81.8 Å². The Kier molecular flexibility index (Phi) is 6.92. The van der Waals surface area contributed by atoms with Crippen molar-refractivity contribution in [2.45, 2.75) is 112 Å². The molecule has 14 unspecified atom stereocenters. The fourth-order valence-corrected chi connectivity index (χ4v) is 12.5. The molecule has 5 saturated carbocycles. The number of carbonyl (C=O) groups is 1. The van der Waals surface area contributed by atoms with Gasteiger partial charge in [0.25, 0.3) is 0 Å². The van der Waals surface area contributed by atoms with E-state index < -0.39 is 0 Å². The maximum atomic E-state index is 11.9. The molecule has 0 amide bonds. The second-order valence-electron chi connectivity index (χ2n) is 15.9. The molecule has 0 radical (unpaired) electrons. The molecular formula is C35H56O2. The van der Waals surface area contributed by atoms with Crippen LogP contribution in [0, 0.1) is 81.8 Å². The topological polar surface area (TPSA) is 26.3 Å². The van der Waals surface area contributed by atoms with E-state index in [1.54, 1.807) is 0 Å². The number of hydrogen-bond donors (Lipinski definition) is 0. The Balaban J connectivity index is 1.16. The lowest BCUT2D eigenvalue weighted by Gasteiger charge is -2.65. The molecule has 208 valence electrons. The highest BCUT2D eigenvalue weighted by Crippen LogP contribution is 2.71. The molecule has 5 fully saturated rings. The fourth-order valence-electron chi connectivity index (χ4n) is 12.5. The Hall–Kier alpha value is -0.790. The van der Waals surface area contributed by atoms with E-state index in [2.05, 4.69) is 46.8 Å². The third-order valence-electron chi connectivity index (χ3n) is 14.6. The van der Waals surface area contributed by atoms with Gasteiger partial charge < -0.3 is 4.74 Å². The first-order chi connectivity index (χ1) is 17.6. The minimum Gasteiger partial charge on any atom is -0.469 e. The van der Waals surface area contributed by atoms with Crippen LogP contribution < -0.4 is 0 Å². The van der Waals surface area contributed by atoms with Crippen LogP contribution in [0.15, 0.2) is 12.2 Å². The predicted molar refractivity (Wildman–Crippen MR) is 152 cm³/mol. The van der Waals surface area contributed by atoms with Crippen molar-refractivity contribution < 1.29 is 9.53 Å². The standard InChI is InChI=1S/C35H56O2/c1-21(7-12-32(36)37-6)29-10-11-30-33-22(2)15-28-20-25(19-27-18-24-8-9-26(27)17-24)13-14-34(28,4)31(33)16-23(3)35(29,30)5/h8-9,21-31,33H,7,10-20H2,1-6H3. The van der Waals surface area contributed by atoms with E-state index in [4.69, 9.17) is 4.74 Å². The summed E-state index contributed by atoms with van der Waals surface area (Å²) in [6, 6.07) is 0. The van der Waals surface area contributed by atoms with E-state index in [1.807, 2.05) is 0 Å². The van der Waals surface area contributed by atoms with Crippen molar-refractivity contribution in [2.75, 3.05) is 7.11 Å². The third-order valence-corrected chi connectivity index (χ3v) is 14.6. The molecule has 37 heavy (non-hydrogen) atoms. The van der Waals surface area contributed by atoms with E-state index >= 15 is 0 Å². The summed E-state index contributed by atoms with van der Waals surface area (Å²) < 4.78 is 4.98. The number of methoxy groups -OCH3 is 1. The van der Waals surface area contributed by atoms with Crippen LogP contribution in [0.3, 0.4) is 0 Å². The SMILES string of the molecule is COC(=O)CCC(C)C1CCC2C3C(C)CC4CC(CC5CC6C=CC5C6)CCC4(C)C3CC(C)C12C. The molecule has 6 rings (SSSR count). The Morgan fingerprint density at radius 1 is 1.00 bits per heavy atom. The van der Waals surface area contributed by atoms with Gasteiger partial charge in [0.05, 0.1) is 7.11 Å². The van der Waals surface area contributed by atoms with Crippen molar-refractivity contribution in [3.8, 4) is 0 Å². The normalized spacial score (nSPS) is 52.9. The highest BCUT2D eigenvalue weighted by atomic mass is 16.5. The van der Waals surface area contributed by atoms with E-state index in [9.17, 15) is 4.79 Å². The molecular weight excluding hydrogens is 452 g/mol. The van der Waals surface area contributed by atoms with Gasteiger partial charge in [-0.15, -0.1) is 0 Å². The second kappa shape index (κ2) is 9.69. The molecule has 2 heteroatoms. The van der Waals surface area contributed by atoms with E-state index in [0.717, 1.165) is 71.5 Å². The molecule has 0 spiro atoms. The number of hydrogen-bond acceptors (Lipinski definition) is 2.